The molecule has 44 heavy (non-hydrogen) atoms. The minimum Gasteiger partial charge on any atom is -0.486 e. The molecule has 0 atom stereocenters. The maximum absolute atomic E-state index is 8.64. The Kier molecular flexibility index (Phi) is 8.40. The van der Waals surface area contributed by atoms with Crippen molar-refractivity contribution in [1.82, 2.24) is 15.0 Å². The zero-order valence-electron chi connectivity index (χ0n) is 27.9. The van der Waals surface area contributed by atoms with Gasteiger partial charge in [-0.05, 0) is 72.6 Å². The van der Waals surface area contributed by atoms with Gasteiger partial charge in [-0.2, -0.15) is 0 Å². The number of rotatable bonds is 3. The third kappa shape index (κ3) is 6.68. The molecule has 0 bridgehead atoms. The van der Waals surface area contributed by atoms with Crippen molar-refractivity contribution in [3.8, 4) is 22.5 Å². The number of fused-ring (bicyclic) bond motifs is 4. The predicted octanol–water partition coefficient (Wildman–Crippen LogP) is 10.4. The van der Waals surface area contributed by atoms with Gasteiger partial charge >= 0.3 is 0 Å². The standard InChI is InChI=1S/C24H21N2OS.C14H14N.Ir/c1-14-8-9-17-16-6-5-7-18(22(16)27-23(17)26-14)20-10-21-19(12-25-20)15(13-28-21)11-24(2,3)4;1-10-4-6-13(7-5-10)14-8-11(2)12(3)9-15-14;/h5-6,8-10,12-13H,11H2,1-4H3;4-6,8-9H,1-3H3;/q2*-1;/i11D2;;. The zero-order valence-corrected chi connectivity index (χ0v) is 29.1. The second kappa shape index (κ2) is 12.7. The maximum atomic E-state index is 8.64. The van der Waals surface area contributed by atoms with Crippen molar-refractivity contribution < 1.29 is 27.3 Å². The Balaban J connectivity index is 0.000000220. The van der Waals surface area contributed by atoms with E-state index in [0.29, 0.717) is 11.3 Å². The summed E-state index contributed by atoms with van der Waals surface area (Å²) in [7, 11) is 0. The summed E-state index contributed by atoms with van der Waals surface area (Å²) in [5.74, 6) is 0. The molecule has 0 unspecified atom stereocenters. The van der Waals surface area contributed by atoms with E-state index < -0.39 is 11.8 Å². The summed E-state index contributed by atoms with van der Waals surface area (Å²) in [5.41, 5.74) is 9.75. The molecule has 0 amide bonds. The first-order chi connectivity index (χ1) is 21.3. The van der Waals surface area contributed by atoms with Crippen molar-refractivity contribution in [1.29, 1.82) is 0 Å². The topological polar surface area (TPSA) is 51.8 Å². The van der Waals surface area contributed by atoms with Gasteiger partial charge in [-0.15, -0.1) is 64.9 Å². The van der Waals surface area contributed by atoms with Gasteiger partial charge in [0.2, 0.25) is 5.71 Å². The normalized spacial score (nSPS) is 12.4. The van der Waals surface area contributed by atoms with Gasteiger partial charge in [-0.3, -0.25) is 0 Å². The van der Waals surface area contributed by atoms with Crippen molar-refractivity contribution in [2.24, 2.45) is 5.41 Å². The van der Waals surface area contributed by atoms with E-state index in [1.807, 2.05) is 75.7 Å². The molecule has 5 heterocycles. The van der Waals surface area contributed by atoms with Gasteiger partial charge < -0.3 is 14.4 Å². The van der Waals surface area contributed by atoms with Crippen molar-refractivity contribution in [2.75, 3.05) is 0 Å². The van der Waals surface area contributed by atoms with E-state index in [1.165, 1.54) is 16.7 Å². The largest absolute Gasteiger partial charge is 0.486 e. The molecule has 5 aromatic heterocycles. The van der Waals surface area contributed by atoms with Gasteiger partial charge in [0.15, 0.2) is 0 Å². The molecule has 0 saturated carbocycles. The van der Waals surface area contributed by atoms with E-state index in [9.17, 15) is 0 Å². The van der Waals surface area contributed by atoms with Crippen molar-refractivity contribution >= 4 is 43.5 Å². The third-order valence-electron chi connectivity index (χ3n) is 7.28. The molecular formula is C38H35IrN3OS-2. The molecule has 1 radical (unpaired) electrons. The molecule has 0 fully saturated rings. The van der Waals surface area contributed by atoms with E-state index in [1.54, 1.807) is 17.5 Å². The van der Waals surface area contributed by atoms with Crippen LogP contribution in [0.5, 0.6) is 0 Å². The first-order valence-corrected chi connectivity index (χ1v) is 15.2. The Morgan fingerprint density at radius 1 is 0.864 bits per heavy atom. The van der Waals surface area contributed by atoms with Crippen LogP contribution in [-0.2, 0) is 26.5 Å². The number of benzene rings is 2. The number of aromatic nitrogens is 3. The molecule has 2 aromatic carbocycles. The van der Waals surface area contributed by atoms with E-state index >= 15 is 0 Å². The van der Waals surface area contributed by atoms with Gasteiger partial charge in [-0.25, -0.2) is 4.98 Å². The van der Waals surface area contributed by atoms with Crippen LogP contribution in [0, 0.1) is 45.2 Å². The number of pyridine rings is 3. The SMILES string of the molecule is Cc1c[c-]c(-c2cc(C)c(C)cn2)cc1.[2H]C([2H])(c1csc2cc(-c3[c-]ccc4c3oc3nc(C)ccc34)ncc12)C(C)(C)C.[Ir]. The van der Waals surface area contributed by atoms with Gasteiger partial charge in [-0.1, -0.05) is 56.3 Å². The molecule has 7 aromatic rings. The number of hydrogen-bond donors (Lipinski definition) is 0. The van der Waals surface area contributed by atoms with Crippen LogP contribution in [0.2, 0.25) is 0 Å². The Morgan fingerprint density at radius 2 is 1.66 bits per heavy atom. The Bertz CT molecular complexity index is 2180. The number of thiophene rings is 1. The summed E-state index contributed by atoms with van der Waals surface area (Å²) in [4.78, 5) is 13.6. The molecule has 225 valence electrons. The molecular weight excluding hydrogens is 739 g/mol. The third-order valence-corrected chi connectivity index (χ3v) is 8.23. The van der Waals surface area contributed by atoms with Gasteiger partial charge in [0.05, 0.1) is 5.58 Å². The second-order valence-corrected chi connectivity index (χ2v) is 12.9. The summed E-state index contributed by atoms with van der Waals surface area (Å²) in [6, 6.07) is 24.6. The summed E-state index contributed by atoms with van der Waals surface area (Å²) < 4.78 is 24.4. The van der Waals surface area contributed by atoms with Crippen LogP contribution in [0.15, 0.2) is 76.8 Å². The fraction of sp³-hybridized carbons (Fsp3) is 0.237. The molecule has 6 heteroatoms. The first-order valence-electron chi connectivity index (χ1n) is 15.3. The number of nitrogens with zero attached hydrogens (tertiary/aromatic N) is 3. The van der Waals surface area contributed by atoms with Crippen LogP contribution in [0.25, 0.3) is 54.7 Å². The Labute approximate surface area is 279 Å². The zero-order chi connectivity index (χ0) is 32.1. The Hall–Kier alpha value is -3.70. The second-order valence-electron chi connectivity index (χ2n) is 12.0. The Morgan fingerprint density at radius 3 is 2.39 bits per heavy atom. The number of aryl methyl sites for hydroxylation is 4. The van der Waals surface area contributed by atoms with Crippen LogP contribution in [0.3, 0.4) is 0 Å². The molecule has 0 N–H and O–H groups in total. The molecule has 0 aliphatic rings. The van der Waals surface area contributed by atoms with E-state index in [2.05, 4.69) is 66.1 Å². The number of hydrogen-bond acceptors (Lipinski definition) is 5. The van der Waals surface area contributed by atoms with Crippen LogP contribution < -0.4 is 0 Å². The average Bonchev–Trinajstić information content (AvgIpc) is 3.60. The van der Waals surface area contributed by atoms with E-state index in [4.69, 9.17) is 7.16 Å². The van der Waals surface area contributed by atoms with Gasteiger partial charge in [0.1, 0.15) is 0 Å². The van der Waals surface area contributed by atoms with Crippen LogP contribution in [0.4, 0.5) is 0 Å². The van der Waals surface area contributed by atoms with Crippen molar-refractivity contribution in [3.63, 3.8) is 0 Å². The predicted molar refractivity (Wildman–Crippen MR) is 180 cm³/mol. The van der Waals surface area contributed by atoms with E-state index in [0.717, 1.165) is 54.7 Å². The molecule has 7 rings (SSSR count). The first kappa shape index (κ1) is 29.0. The van der Waals surface area contributed by atoms with Gasteiger partial charge in [0.25, 0.3) is 0 Å². The maximum Gasteiger partial charge on any atom is 0.216 e. The molecule has 4 nitrogen and oxygen atoms in total. The minimum absolute atomic E-state index is 0. The molecule has 0 saturated heterocycles. The summed E-state index contributed by atoms with van der Waals surface area (Å²) >= 11 is 1.54. The summed E-state index contributed by atoms with van der Waals surface area (Å²) in [6.07, 6.45) is 2.24. The minimum atomic E-state index is -1.46. The summed E-state index contributed by atoms with van der Waals surface area (Å²) in [6.45, 7) is 14.0. The van der Waals surface area contributed by atoms with Crippen LogP contribution in [-0.4, -0.2) is 15.0 Å². The fourth-order valence-corrected chi connectivity index (χ4v) is 5.80. The summed E-state index contributed by atoms with van der Waals surface area (Å²) in [5, 5.41) is 4.74. The molecule has 0 spiro atoms. The van der Waals surface area contributed by atoms with Crippen LogP contribution >= 0.6 is 11.3 Å². The molecule has 0 aliphatic carbocycles. The smallest absolute Gasteiger partial charge is 0.216 e. The quantitative estimate of drug-likeness (QED) is 0.168. The van der Waals surface area contributed by atoms with Crippen molar-refractivity contribution in [2.45, 2.75) is 54.8 Å². The van der Waals surface area contributed by atoms with Crippen molar-refractivity contribution in [3.05, 3.63) is 112 Å². The average molecular weight is 776 g/mol. The monoisotopic (exact) mass is 776 g/mol. The number of furan rings is 1. The fourth-order valence-electron chi connectivity index (χ4n) is 4.90. The van der Waals surface area contributed by atoms with Gasteiger partial charge in [0, 0.05) is 56.4 Å². The van der Waals surface area contributed by atoms with E-state index in [-0.39, 0.29) is 20.1 Å². The molecule has 0 aliphatic heterocycles. The van der Waals surface area contributed by atoms with Crippen LogP contribution in [0.1, 0.15) is 51.5 Å².